The second-order valence-corrected chi connectivity index (χ2v) is 5.05. The number of rotatable bonds is 5. The van der Waals surface area contributed by atoms with E-state index in [1.165, 1.54) is 0 Å². The summed E-state index contributed by atoms with van der Waals surface area (Å²) in [5.74, 6) is 1.71. The molecule has 22 heavy (non-hydrogen) atoms. The largest absolute Gasteiger partial charge is 0.481 e. The zero-order valence-corrected chi connectivity index (χ0v) is 12.4. The van der Waals surface area contributed by atoms with Crippen LogP contribution in [-0.2, 0) is 11.3 Å². The summed E-state index contributed by atoms with van der Waals surface area (Å²) in [6.45, 7) is 1.14. The first-order valence-electron chi connectivity index (χ1n) is 7.21. The molecule has 0 aliphatic carbocycles. The molecule has 3 heterocycles. The summed E-state index contributed by atoms with van der Waals surface area (Å²) in [6, 6.07) is 5.05. The van der Waals surface area contributed by atoms with E-state index in [9.17, 15) is 4.79 Å². The number of carbonyl (C=O) groups is 1. The van der Waals surface area contributed by atoms with Crippen LogP contribution in [0.25, 0.3) is 0 Å². The first-order chi connectivity index (χ1) is 10.8. The maximum Gasteiger partial charge on any atom is 0.243 e. The minimum atomic E-state index is -0.262. The number of anilines is 1. The van der Waals surface area contributed by atoms with Gasteiger partial charge in [-0.15, -0.1) is 0 Å². The van der Waals surface area contributed by atoms with Crippen LogP contribution in [-0.4, -0.2) is 35.6 Å². The molecule has 7 heteroatoms. The summed E-state index contributed by atoms with van der Waals surface area (Å²) in [7, 11) is 1.56. The maximum absolute atomic E-state index is 12.4. The molecule has 116 valence electrons. The van der Waals surface area contributed by atoms with Crippen molar-refractivity contribution in [2.75, 3.05) is 18.6 Å². The highest BCUT2D eigenvalue weighted by Gasteiger charge is 2.32. The fraction of sp³-hybridized carbons (Fsp3) is 0.400. The summed E-state index contributed by atoms with van der Waals surface area (Å²) in [4.78, 5) is 22.9. The molecule has 0 spiro atoms. The van der Waals surface area contributed by atoms with Crippen molar-refractivity contribution in [2.24, 2.45) is 0 Å². The monoisotopic (exact) mass is 302 g/mol. The van der Waals surface area contributed by atoms with Crippen LogP contribution in [0.3, 0.4) is 0 Å². The van der Waals surface area contributed by atoms with Crippen LogP contribution < -0.4 is 15.0 Å². The standard InChI is InChI=1S/C15H18N4O3/c1-21-13-6-7-16-15(18-13)19-8-2-5-12(19)14(20)17-10-11-4-3-9-22-11/h3-4,6-7,9,12H,2,5,8,10H2,1H3,(H,17,20). The second kappa shape index (κ2) is 6.46. The highest BCUT2D eigenvalue weighted by atomic mass is 16.5. The van der Waals surface area contributed by atoms with Gasteiger partial charge in [0.15, 0.2) is 0 Å². The van der Waals surface area contributed by atoms with Crippen LogP contribution >= 0.6 is 0 Å². The molecule has 1 atom stereocenters. The van der Waals surface area contributed by atoms with Gasteiger partial charge >= 0.3 is 0 Å². The van der Waals surface area contributed by atoms with Gasteiger partial charge in [-0.1, -0.05) is 0 Å². The molecule has 1 aliphatic rings. The van der Waals surface area contributed by atoms with E-state index in [0.29, 0.717) is 18.4 Å². The number of hydrogen-bond acceptors (Lipinski definition) is 6. The first-order valence-corrected chi connectivity index (χ1v) is 7.21. The molecular weight excluding hydrogens is 284 g/mol. The molecule has 1 N–H and O–H groups in total. The van der Waals surface area contributed by atoms with E-state index in [2.05, 4.69) is 15.3 Å². The van der Waals surface area contributed by atoms with Gasteiger partial charge < -0.3 is 19.4 Å². The van der Waals surface area contributed by atoms with Crippen LogP contribution in [0.15, 0.2) is 35.1 Å². The van der Waals surface area contributed by atoms with E-state index >= 15 is 0 Å². The van der Waals surface area contributed by atoms with Crippen molar-refractivity contribution in [3.05, 3.63) is 36.4 Å². The molecular formula is C15H18N4O3. The van der Waals surface area contributed by atoms with Crippen molar-refractivity contribution in [2.45, 2.75) is 25.4 Å². The molecule has 7 nitrogen and oxygen atoms in total. The van der Waals surface area contributed by atoms with E-state index in [1.807, 2.05) is 11.0 Å². The summed E-state index contributed by atoms with van der Waals surface area (Å²) >= 11 is 0. The van der Waals surface area contributed by atoms with Gasteiger partial charge in [-0.2, -0.15) is 4.98 Å². The number of ether oxygens (including phenoxy) is 1. The number of amides is 1. The van der Waals surface area contributed by atoms with Gasteiger partial charge in [-0.25, -0.2) is 4.98 Å². The number of hydrogen-bond donors (Lipinski definition) is 1. The highest BCUT2D eigenvalue weighted by Crippen LogP contribution is 2.23. The van der Waals surface area contributed by atoms with Crippen LogP contribution in [0.2, 0.25) is 0 Å². The van der Waals surface area contributed by atoms with Gasteiger partial charge in [0.25, 0.3) is 0 Å². The fourth-order valence-corrected chi connectivity index (χ4v) is 2.57. The van der Waals surface area contributed by atoms with Crippen LogP contribution in [0.1, 0.15) is 18.6 Å². The smallest absolute Gasteiger partial charge is 0.243 e. The lowest BCUT2D eigenvalue weighted by Gasteiger charge is -2.23. The van der Waals surface area contributed by atoms with Crippen molar-refractivity contribution in [1.82, 2.24) is 15.3 Å². The Morgan fingerprint density at radius 2 is 2.45 bits per heavy atom. The number of methoxy groups -OCH3 is 1. The van der Waals surface area contributed by atoms with Crippen LogP contribution in [0, 0.1) is 0 Å². The summed E-state index contributed by atoms with van der Waals surface area (Å²) in [5.41, 5.74) is 0. The van der Waals surface area contributed by atoms with Gasteiger partial charge in [0, 0.05) is 18.8 Å². The average Bonchev–Trinajstić information content (AvgIpc) is 3.24. The van der Waals surface area contributed by atoms with Crippen LogP contribution in [0.5, 0.6) is 5.88 Å². The Balaban J connectivity index is 1.68. The third kappa shape index (κ3) is 3.03. The van der Waals surface area contributed by atoms with E-state index in [0.717, 1.165) is 25.1 Å². The van der Waals surface area contributed by atoms with E-state index in [1.54, 1.807) is 31.7 Å². The number of carbonyl (C=O) groups excluding carboxylic acids is 1. The number of nitrogens with zero attached hydrogens (tertiary/aromatic N) is 3. The molecule has 0 radical (unpaired) electrons. The fourth-order valence-electron chi connectivity index (χ4n) is 2.57. The number of nitrogens with one attached hydrogen (secondary N) is 1. The highest BCUT2D eigenvalue weighted by molar-refractivity contribution is 5.85. The minimum Gasteiger partial charge on any atom is -0.481 e. The Bertz CT molecular complexity index is 629. The van der Waals surface area contributed by atoms with Crippen molar-refractivity contribution >= 4 is 11.9 Å². The molecule has 1 aliphatic heterocycles. The van der Waals surface area contributed by atoms with Gasteiger partial charge in [-0.05, 0) is 25.0 Å². The predicted molar refractivity (Wildman–Crippen MR) is 79.5 cm³/mol. The Kier molecular flexibility index (Phi) is 4.22. The van der Waals surface area contributed by atoms with Gasteiger partial charge in [-0.3, -0.25) is 4.79 Å². The van der Waals surface area contributed by atoms with Crippen molar-refractivity contribution in [3.8, 4) is 5.88 Å². The third-order valence-corrected chi connectivity index (χ3v) is 3.66. The molecule has 1 fully saturated rings. The average molecular weight is 302 g/mol. The predicted octanol–water partition coefficient (Wildman–Crippen LogP) is 1.36. The van der Waals surface area contributed by atoms with Gasteiger partial charge in [0.05, 0.1) is 19.9 Å². The zero-order valence-electron chi connectivity index (χ0n) is 12.4. The Hall–Kier alpha value is -2.57. The normalized spacial score (nSPS) is 17.5. The second-order valence-electron chi connectivity index (χ2n) is 5.05. The maximum atomic E-state index is 12.4. The number of aromatic nitrogens is 2. The van der Waals surface area contributed by atoms with E-state index in [4.69, 9.17) is 9.15 Å². The Labute approximate surface area is 128 Å². The molecule has 0 saturated carbocycles. The molecule has 1 saturated heterocycles. The first kappa shape index (κ1) is 14.4. The quantitative estimate of drug-likeness (QED) is 0.898. The van der Waals surface area contributed by atoms with Crippen molar-refractivity contribution in [1.29, 1.82) is 0 Å². The van der Waals surface area contributed by atoms with Crippen LogP contribution in [0.4, 0.5) is 5.95 Å². The lowest BCUT2D eigenvalue weighted by Crippen LogP contribution is -2.43. The Morgan fingerprint density at radius 1 is 1.55 bits per heavy atom. The van der Waals surface area contributed by atoms with E-state index in [-0.39, 0.29) is 11.9 Å². The van der Waals surface area contributed by atoms with Crippen molar-refractivity contribution in [3.63, 3.8) is 0 Å². The lowest BCUT2D eigenvalue weighted by atomic mass is 10.2. The molecule has 1 unspecified atom stereocenters. The third-order valence-electron chi connectivity index (χ3n) is 3.66. The van der Waals surface area contributed by atoms with E-state index < -0.39 is 0 Å². The van der Waals surface area contributed by atoms with Crippen molar-refractivity contribution < 1.29 is 13.9 Å². The lowest BCUT2D eigenvalue weighted by molar-refractivity contribution is -0.122. The molecule has 2 aromatic rings. The molecule has 0 aromatic carbocycles. The SMILES string of the molecule is COc1ccnc(N2CCCC2C(=O)NCc2ccco2)n1. The summed E-state index contributed by atoms with van der Waals surface area (Å²) in [6.07, 6.45) is 4.94. The van der Waals surface area contributed by atoms with Gasteiger partial charge in [0.2, 0.25) is 17.7 Å². The zero-order chi connectivity index (χ0) is 15.4. The van der Waals surface area contributed by atoms with Gasteiger partial charge in [0.1, 0.15) is 11.8 Å². The molecule has 2 aromatic heterocycles. The molecule has 1 amide bonds. The minimum absolute atomic E-state index is 0.0414. The topological polar surface area (TPSA) is 80.5 Å². The molecule has 0 bridgehead atoms. The molecule has 3 rings (SSSR count). The number of furan rings is 1. The summed E-state index contributed by atoms with van der Waals surface area (Å²) in [5, 5.41) is 2.89. The summed E-state index contributed by atoms with van der Waals surface area (Å²) < 4.78 is 10.3. The Morgan fingerprint density at radius 3 is 3.23 bits per heavy atom.